The minimum absolute atomic E-state index is 0.186. The molecule has 0 saturated carbocycles. The van der Waals surface area contributed by atoms with Crippen LogP contribution in [0.5, 0.6) is 0 Å². The van der Waals surface area contributed by atoms with E-state index in [0.717, 1.165) is 41.9 Å². The van der Waals surface area contributed by atoms with Crippen LogP contribution in [0.2, 0.25) is 0 Å². The van der Waals surface area contributed by atoms with Crippen LogP contribution in [0.3, 0.4) is 0 Å². The number of aromatic nitrogens is 1. The van der Waals surface area contributed by atoms with Crippen molar-refractivity contribution in [3.63, 3.8) is 0 Å². The number of carbonyl (C=O) groups excluding carboxylic acids is 1. The molecule has 0 aliphatic rings. The van der Waals surface area contributed by atoms with Gasteiger partial charge in [0.25, 0.3) is 5.91 Å². The number of nitrogens with two attached hydrogens (primary N) is 1. The largest absolute Gasteiger partial charge is 0.397 e. The molecule has 0 atom stereocenters. The zero-order valence-electron chi connectivity index (χ0n) is 14.0. The van der Waals surface area contributed by atoms with Gasteiger partial charge in [-0.05, 0) is 85.2 Å². The summed E-state index contributed by atoms with van der Waals surface area (Å²) in [6.45, 7) is 8.01. The molecule has 2 aromatic heterocycles. The Morgan fingerprint density at radius 3 is 2.58 bits per heavy atom. The molecule has 6 heteroatoms. The van der Waals surface area contributed by atoms with Gasteiger partial charge in [0, 0.05) is 20.3 Å². The number of hydrogen-bond donors (Lipinski definition) is 2. The zero-order valence-corrected chi connectivity index (χ0v) is 16.9. The third kappa shape index (κ3) is 2.88. The Morgan fingerprint density at radius 2 is 1.92 bits per heavy atom. The molecule has 2 heterocycles. The molecule has 0 spiro atoms. The van der Waals surface area contributed by atoms with Crippen molar-refractivity contribution in [3.05, 3.63) is 49.0 Å². The summed E-state index contributed by atoms with van der Waals surface area (Å²) >= 11 is 3.60. The van der Waals surface area contributed by atoms with Crippen molar-refractivity contribution in [2.45, 2.75) is 27.7 Å². The van der Waals surface area contributed by atoms with Gasteiger partial charge < -0.3 is 11.1 Å². The summed E-state index contributed by atoms with van der Waals surface area (Å²) in [5.74, 6) is -0.186. The molecule has 0 aliphatic heterocycles. The molecule has 1 aromatic carbocycles. The number of fused-ring (bicyclic) bond motifs is 1. The lowest BCUT2D eigenvalue weighted by atomic mass is 10.1. The van der Waals surface area contributed by atoms with E-state index in [1.165, 1.54) is 11.3 Å². The van der Waals surface area contributed by atoms with Crippen LogP contribution in [-0.4, -0.2) is 10.9 Å². The van der Waals surface area contributed by atoms with Gasteiger partial charge in [-0.25, -0.2) is 4.98 Å². The highest BCUT2D eigenvalue weighted by atomic mass is 127. The first kappa shape index (κ1) is 17.2. The summed E-state index contributed by atoms with van der Waals surface area (Å²) in [4.78, 5) is 18.6. The summed E-state index contributed by atoms with van der Waals surface area (Å²) in [5.41, 5.74) is 11.8. The van der Waals surface area contributed by atoms with E-state index in [2.05, 4.69) is 32.9 Å². The number of rotatable bonds is 2. The van der Waals surface area contributed by atoms with Crippen molar-refractivity contribution < 1.29 is 4.79 Å². The van der Waals surface area contributed by atoms with E-state index < -0.39 is 0 Å². The Bertz CT molecular complexity index is 978. The molecule has 0 unspecified atom stereocenters. The highest BCUT2D eigenvalue weighted by Crippen LogP contribution is 2.37. The molecule has 124 valence electrons. The van der Waals surface area contributed by atoms with Crippen LogP contribution in [-0.2, 0) is 0 Å². The van der Waals surface area contributed by atoms with Crippen LogP contribution in [0.1, 0.15) is 32.1 Å². The van der Waals surface area contributed by atoms with Crippen molar-refractivity contribution in [1.82, 2.24) is 4.98 Å². The Hall–Kier alpha value is -1.67. The monoisotopic (exact) mass is 451 g/mol. The summed E-state index contributed by atoms with van der Waals surface area (Å²) in [5, 5.41) is 3.86. The molecular formula is C18H18IN3OS. The lowest BCUT2D eigenvalue weighted by Crippen LogP contribution is -2.13. The maximum absolute atomic E-state index is 12.7. The average molecular weight is 451 g/mol. The third-order valence-electron chi connectivity index (χ3n) is 4.32. The fourth-order valence-corrected chi connectivity index (χ4v) is 4.43. The predicted molar refractivity (Wildman–Crippen MR) is 110 cm³/mol. The molecular weight excluding hydrogens is 433 g/mol. The fourth-order valence-electron chi connectivity index (χ4n) is 2.68. The van der Waals surface area contributed by atoms with Gasteiger partial charge in [0.2, 0.25) is 0 Å². The van der Waals surface area contributed by atoms with Crippen LogP contribution in [0, 0.1) is 31.3 Å². The number of amides is 1. The number of hydrogen-bond acceptors (Lipinski definition) is 4. The minimum atomic E-state index is -0.186. The molecule has 24 heavy (non-hydrogen) atoms. The number of nitrogen functional groups attached to an aromatic ring is 1. The Labute approximate surface area is 158 Å². The molecule has 3 N–H and O–H groups in total. The van der Waals surface area contributed by atoms with Gasteiger partial charge in [-0.1, -0.05) is 0 Å². The van der Waals surface area contributed by atoms with Crippen LogP contribution in [0.15, 0.2) is 18.2 Å². The number of nitrogens with zero attached hydrogens (tertiary/aromatic N) is 1. The molecule has 0 radical (unpaired) electrons. The lowest BCUT2D eigenvalue weighted by Gasteiger charge is -2.08. The highest BCUT2D eigenvalue weighted by molar-refractivity contribution is 14.1. The zero-order chi connectivity index (χ0) is 17.6. The van der Waals surface area contributed by atoms with Crippen LogP contribution in [0.25, 0.3) is 10.2 Å². The molecule has 1 amide bonds. The number of halogens is 1. The summed E-state index contributed by atoms with van der Waals surface area (Å²) in [6, 6.07) is 5.91. The molecule has 3 rings (SSSR count). The first-order valence-corrected chi connectivity index (χ1v) is 9.42. The van der Waals surface area contributed by atoms with E-state index in [0.29, 0.717) is 10.6 Å². The molecule has 0 saturated heterocycles. The van der Waals surface area contributed by atoms with Crippen molar-refractivity contribution in [2.75, 3.05) is 11.1 Å². The van der Waals surface area contributed by atoms with Crippen LogP contribution < -0.4 is 11.1 Å². The highest BCUT2D eigenvalue weighted by Gasteiger charge is 2.20. The van der Waals surface area contributed by atoms with E-state index in [-0.39, 0.29) is 5.91 Å². The van der Waals surface area contributed by atoms with Gasteiger partial charge in [-0.3, -0.25) is 4.79 Å². The number of anilines is 2. The molecule has 3 aromatic rings. The Balaban J connectivity index is 2.04. The number of aryl methyl sites for hydroxylation is 3. The van der Waals surface area contributed by atoms with Gasteiger partial charge in [-0.15, -0.1) is 11.3 Å². The summed E-state index contributed by atoms with van der Waals surface area (Å²) in [6.07, 6.45) is 0. The van der Waals surface area contributed by atoms with Crippen molar-refractivity contribution in [3.8, 4) is 0 Å². The number of thiophene rings is 1. The van der Waals surface area contributed by atoms with Gasteiger partial charge >= 0.3 is 0 Å². The maximum Gasteiger partial charge on any atom is 0.267 e. The van der Waals surface area contributed by atoms with Crippen molar-refractivity contribution >= 4 is 61.4 Å². The third-order valence-corrected chi connectivity index (χ3v) is 6.09. The maximum atomic E-state index is 12.7. The quantitative estimate of drug-likeness (QED) is 0.541. The number of pyridine rings is 1. The van der Waals surface area contributed by atoms with Gasteiger partial charge in [-0.2, -0.15) is 0 Å². The first-order chi connectivity index (χ1) is 11.3. The smallest absolute Gasteiger partial charge is 0.267 e. The van der Waals surface area contributed by atoms with Crippen molar-refractivity contribution in [1.29, 1.82) is 0 Å². The Kier molecular flexibility index (Phi) is 4.52. The summed E-state index contributed by atoms with van der Waals surface area (Å²) in [7, 11) is 0. The number of carbonyl (C=O) groups is 1. The molecule has 0 fully saturated rings. The van der Waals surface area contributed by atoms with E-state index in [4.69, 9.17) is 5.73 Å². The van der Waals surface area contributed by atoms with Crippen LogP contribution in [0.4, 0.5) is 11.4 Å². The molecule has 4 nitrogen and oxygen atoms in total. The minimum Gasteiger partial charge on any atom is -0.397 e. The fraction of sp³-hybridized carbons (Fsp3) is 0.222. The average Bonchev–Trinajstić information content (AvgIpc) is 2.84. The van der Waals surface area contributed by atoms with Gasteiger partial charge in [0.1, 0.15) is 9.71 Å². The number of nitrogens with one attached hydrogen (secondary N) is 1. The van der Waals surface area contributed by atoms with Gasteiger partial charge in [0.15, 0.2) is 0 Å². The van der Waals surface area contributed by atoms with E-state index in [9.17, 15) is 4.79 Å². The van der Waals surface area contributed by atoms with Gasteiger partial charge in [0.05, 0.1) is 5.69 Å². The Morgan fingerprint density at radius 1 is 1.21 bits per heavy atom. The van der Waals surface area contributed by atoms with Crippen LogP contribution >= 0.6 is 33.9 Å². The van der Waals surface area contributed by atoms with E-state index in [1.807, 2.05) is 45.9 Å². The molecule has 0 bridgehead atoms. The second-order valence-corrected chi connectivity index (χ2v) is 8.13. The molecule has 0 aliphatic carbocycles. The lowest BCUT2D eigenvalue weighted by molar-refractivity contribution is 0.103. The number of benzene rings is 1. The normalized spacial score (nSPS) is 11.0. The topological polar surface area (TPSA) is 68.0 Å². The summed E-state index contributed by atoms with van der Waals surface area (Å²) < 4.78 is 1.13. The first-order valence-electron chi connectivity index (χ1n) is 7.53. The standard InChI is InChI=1S/C18H18IN3OS/c1-8-7-12(19)5-6-13(8)22-17(23)16-15(20)14-10(3)9(2)11(4)21-18(14)24-16/h5-7H,20H2,1-4H3,(H,22,23). The SMILES string of the molecule is Cc1cc(I)ccc1NC(=O)c1sc2nc(C)c(C)c(C)c2c1N. The van der Waals surface area contributed by atoms with E-state index in [1.54, 1.807) is 0 Å². The predicted octanol–water partition coefficient (Wildman–Crippen LogP) is 4.97. The second-order valence-electron chi connectivity index (χ2n) is 5.89. The van der Waals surface area contributed by atoms with E-state index >= 15 is 0 Å². The second kappa shape index (κ2) is 6.33. The van der Waals surface area contributed by atoms with Crippen molar-refractivity contribution in [2.24, 2.45) is 0 Å².